The number of unbranched alkanes of at least 4 members (excludes halogenated alkanes) is 6. The molecule has 0 aromatic carbocycles. The van der Waals surface area contributed by atoms with Crippen molar-refractivity contribution in [2.75, 3.05) is 0 Å². The van der Waals surface area contributed by atoms with Crippen LogP contribution < -0.4 is 0 Å². The number of carboxylic acid groups (broad SMARTS) is 3. The van der Waals surface area contributed by atoms with Gasteiger partial charge in [-0.15, -0.1) is 0 Å². The van der Waals surface area contributed by atoms with Crippen LogP contribution in [0.5, 0.6) is 0 Å². The SMILES string of the molecule is CCCCC(CC)C(=O)O.O=C(O)CCCCCCCCC(=O)O. The Labute approximate surface area is 145 Å². The molecule has 142 valence electrons. The number of hydrogen-bond acceptors (Lipinski definition) is 3. The van der Waals surface area contributed by atoms with Gasteiger partial charge < -0.3 is 15.3 Å². The fourth-order valence-electron chi connectivity index (χ4n) is 2.21. The second-order valence-corrected chi connectivity index (χ2v) is 5.99. The van der Waals surface area contributed by atoms with Gasteiger partial charge in [0.1, 0.15) is 0 Å². The number of hydrogen-bond donors (Lipinski definition) is 3. The highest BCUT2D eigenvalue weighted by Crippen LogP contribution is 2.11. The van der Waals surface area contributed by atoms with Crippen LogP contribution in [0.1, 0.15) is 90.9 Å². The summed E-state index contributed by atoms with van der Waals surface area (Å²) in [5.74, 6) is -2.23. The Morgan fingerprint density at radius 3 is 1.42 bits per heavy atom. The quantitative estimate of drug-likeness (QED) is 0.397. The molecule has 0 saturated heterocycles. The number of carbonyl (C=O) groups is 3. The van der Waals surface area contributed by atoms with Crippen molar-refractivity contribution in [2.45, 2.75) is 90.9 Å². The third-order valence-corrected chi connectivity index (χ3v) is 3.78. The Hall–Kier alpha value is -1.59. The van der Waals surface area contributed by atoms with Crippen molar-refractivity contribution in [1.29, 1.82) is 0 Å². The Kier molecular flexibility index (Phi) is 18.2. The van der Waals surface area contributed by atoms with Gasteiger partial charge >= 0.3 is 17.9 Å². The predicted octanol–water partition coefficient (Wildman–Crippen LogP) is 4.56. The van der Waals surface area contributed by atoms with E-state index >= 15 is 0 Å². The van der Waals surface area contributed by atoms with Crippen LogP contribution in [0.2, 0.25) is 0 Å². The largest absolute Gasteiger partial charge is 0.481 e. The maximum atomic E-state index is 10.4. The first kappa shape index (κ1) is 24.7. The zero-order valence-electron chi connectivity index (χ0n) is 15.1. The van der Waals surface area contributed by atoms with Gasteiger partial charge in [-0.25, -0.2) is 0 Å². The molecule has 3 N–H and O–H groups in total. The van der Waals surface area contributed by atoms with Crippen LogP contribution in [0, 0.1) is 5.92 Å². The lowest BCUT2D eigenvalue weighted by atomic mass is 10.00. The van der Waals surface area contributed by atoms with Gasteiger partial charge in [0.05, 0.1) is 5.92 Å². The van der Waals surface area contributed by atoms with E-state index in [1.807, 2.05) is 6.92 Å². The molecule has 0 amide bonds. The summed E-state index contributed by atoms with van der Waals surface area (Å²) in [5.41, 5.74) is 0. The second-order valence-electron chi connectivity index (χ2n) is 5.99. The molecule has 6 nitrogen and oxygen atoms in total. The minimum absolute atomic E-state index is 0.111. The van der Waals surface area contributed by atoms with E-state index in [0.717, 1.165) is 64.2 Å². The molecule has 0 saturated carbocycles. The van der Waals surface area contributed by atoms with Crippen molar-refractivity contribution >= 4 is 17.9 Å². The van der Waals surface area contributed by atoms with Crippen LogP contribution in [-0.2, 0) is 14.4 Å². The monoisotopic (exact) mass is 346 g/mol. The van der Waals surface area contributed by atoms with Gasteiger partial charge in [-0.2, -0.15) is 0 Å². The first-order valence-corrected chi connectivity index (χ1v) is 9.01. The van der Waals surface area contributed by atoms with Gasteiger partial charge in [-0.05, 0) is 25.7 Å². The lowest BCUT2D eigenvalue weighted by molar-refractivity contribution is -0.142. The van der Waals surface area contributed by atoms with Gasteiger partial charge in [0.25, 0.3) is 0 Å². The van der Waals surface area contributed by atoms with Gasteiger partial charge in [0.2, 0.25) is 0 Å². The summed E-state index contributed by atoms with van der Waals surface area (Å²) < 4.78 is 0. The molecular weight excluding hydrogens is 312 g/mol. The zero-order chi connectivity index (χ0) is 18.8. The highest BCUT2D eigenvalue weighted by Gasteiger charge is 2.12. The van der Waals surface area contributed by atoms with Crippen molar-refractivity contribution in [3.8, 4) is 0 Å². The molecule has 0 aliphatic heterocycles. The molecule has 0 bridgehead atoms. The van der Waals surface area contributed by atoms with E-state index in [2.05, 4.69) is 6.92 Å². The second kappa shape index (κ2) is 17.8. The minimum Gasteiger partial charge on any atom is -0.481 e. The smallest absolute Gasteiger partial charge is 0.306 e. The van der Waals surface area contributed by atoms with Gasteiger partial charge in [-0.1, -0.05) is 52.4 Å². The first-order chi connectivity index (χ1) is 11.3. The Balaban J connectivity index is 0. The van der Waals surface area contributed by atoms with E-state index in [9.17, 15) is 14.4 Å². The van der Waals surface area contributed by atoms with Crippen LogP contribution >= 0.6 is 0 Å². The van der Waals surface area contributed by atoms with Crippen LogP contribution in [0.4, 0.5) is 0 Å². The van der Waals surface area contributed by atoms with E-state index in [1.165, 1.54) is 0 Å². The molecular formula is C18H34O6. The molecule has 0 aliphatic rings. The maximum Gasteiger partial charge on any atom is 0.306 e. The van der Waals surface area contributed by atoms with Crippen LogP contribution in [0.3, 0.4) is 0 Å². The van der Waals surface area contributed by atoms with E-state index < -0.39 is 17.9 Å². The van der Waals surface area contributed by atoms with Gasteiger partial charge in [-0.3, -0.25) is 14.4 Å². The molecule has 0 rings (SSSR count). The molecule has 1 unspecified atom stereocenters. The Bertz CT molecular complexity index is 320. The third-order valence-electron chi connectivity index (χ3n) is 3.78. The summed E-state index contributed by atoms with van der Waals surface area (Å²) in [4.78, 5) is 30.7. The third kappa shape index (κ3) is 20.4. The van der Waals surface area contributed by atoms with Crippen molar-refractivity contribution < 1.29 is 29.7 Å². The van der Waals surface area contributed by atoms with Crippen molar-refractivity contribution in [2.24, 2.45) is 5.92 Å². The summed E-state index contributed by atoms with van der Waals surface area (Å²) in [6, 6.07) is 0. The standard InChI is InChI=1S/C10H18O4.C8H16O2/c11-9(12)7-5-3-1-2-4-6-8-10(13)14;1-3-5-6-7(4-2)8(9)10/h1-8H2,(H,11,12)(H,13,14);7H,3-6H2,1-2H3,(H,9,10). The van der Waals surface area contributed by atoms with Crippen LogP contribution in [0.15, 0.2) is 0 Å². The first-order valence-electron chi connectivity index (χ1n) is 9.01. The number of carboxylic acids is 3. The van der Waals surface area contributed by atoms with E-state index in [-0.39, 0.29) is 18.8 Å². The van der Waals surface area contributed by atoms with Crippen LogP contribution in [0.25, 0.3) is 0 Å². The Morgan fingerprint density at radius 1 is 0.708 bits per heavy atom. The molecule has 0 aliphatic carbocycles. The predicted molar refractivity (Wildman–Crippen MR) is 93.1 cm³/mol. The molecule has 6 heteroatoms. The van der Waals surface area contributed by atoms with Crippen molar-refractivity contribution in [1.82, 2.24) is 0 Å². The number of rotatable bonds is 14. The molecule has 0 aromatic rings. The molecule has 0 fully saturated rings. The molecule has 0 spiro atoms. The van der Waals surface area contributed by atoms with E-state index in [4.69, 9.17) is 15.3 Å². The molecule has 0 heterocycles. The van der Waals surface area contributed by atoms with Crippen molar-refractivity contribution in [3.05, 3.63) is 0 Å². The molecule has 0 aromatic heterocycles. The fourth-order valence-corrected chi connectivity index (χ4v) is 2.21. The highest BCUT2D eigenvalue weighted by molar-refractivity contribution is 5.69. The normalized spacial score (nSPS) is 11.2. The summed E-state index contributed by atoms with van der Waals surface area (Å²) in [5, 5.41) is 25.3. The Morgan fingerprint density at radius 2 is 1.12 bits per heavy atom. The average Bonchev–Trinajstić information content (AvgIpc) is 2.50. The molecule has 24 heavy (non-hydrogen) atoms. The van der Waals surface area contributed by atoms with Crippen LogP contribution in [-0.4, -0.2) is 33.2 Å². The molecule has 0 radical (unpaired) electrons. The van der Waals surface area contributed by atoms with Gasteiger partial charge in [0.15, 0.2) is 0 Å². The summed E-state index contributed by atoms with van der Waals surface area (Å²) >= 11 is 0. The van der Waals surface area contributed by atoms with Crippen molar-refractivity contribution in [3.63, 3.8) is 0 Å². The molecule has 1 atom stereocenters. The zero-order valence-corrected chi connectivity index (χ0v) is 15.1. The average molecular weight is 346 g/mol. The van der Waals surface area contributed by atoms with Gasteiger partial charge in [0, 0.05) is 12.8 Å². The summed E-state index contributed by atoms with van der Waals surface area (Å²) in [7, 11) is 0. The summed E-state index contributed by atoms with van der Waals surface area (Å²) in [6.07, 6.45) is 9.54. The lowest BCUT2D eigenvalue weighted by Gasteiger charge is -2.06. The minimum atomic E-state index is -0.740. The lowest BCUT2D eigenvalue weighted by Crippen LogP contribution is -2.11. The maximum absolute atomic E-state index is 10.4. The fraction of sp³-hybridized carbons (Fsp3) is 0.833. The highest BCUT2D eigenvalue weighted by atomic mass is 16.4. The van der Waals surface area contributed by atoms with E-state index in [0.29, 0.717) is 0 Å². The van der Waals surface area contributed by atoms with E-state index in [1.54, 1.807) is 0 Å². The number of aliphatic carboxylic acids is 3. The topological polar surface area (TPSA) is 112 Å². The summed E-state index contributed by atoms with van der Waals surface area (Å²) in [6.45, 7) is 4.00.